The lowest BCUT2D eigenvalue weighted by atomic mass is 10.0. The van der Waals surface area contributed by atoms with Gasteiger partial charge in [-0.15, -0.1) is 0 Å². The molecule has 1 fully saturated rings. The van der Waals surface area contributed by atoms with Gasteiger partial charge in [0, 0.05) is 38.1 Å². The zero-order chi connectivity index (χ0) is 14.3. The van der Waals surface area contributed by atoms with Crippen molar-refractivity contribution in [1.29, 1.82) is 0 Å². The molecule has 4 nitrogen and oxygen atoms in total. The van der Waals surface area contributed by atoms with E-state index in [0.29, 0.717) is 6.04 Å². The number of rotatable bonds is 5. The van der Waals surface area contributed by atoms with Crippen molar-refractivity contribution in [2.24, 2.45) is 0 Å². The van der Waals surface area contributed by atoms with Crippen LogP contribution in [-0.4, -0.2) is 40.5 Å². The third kappa shape index (κ3) is 4.26. The monoisotopic (exact) mass is 282 g/mol. The number of piperidine rings is 1. The molecule has 1 aromatic heterocycles. The summed E-state index contributed by atoms with van der Waals surface area (Å²) in [5.74, 6) is 0.889. The summed E-state index contributed by atoms with van der Waals surface area (Å²) in [5, 5.41) is 3.47. The maximum atomic E-state index is 4.28. The van der Waals surface area contributed by atoms with Crippen molar-refractivity contribution in [3.63, 3.8) is 0 Å². The zero-order valence-electron chi connectivity index (χ0n) is 12.3. The number of likely N-dealkylation sites (tertiary alicyclic amines) is 1. The summed E-state index contributed by atoms with van der Waals surface area (Å²) in [6.07, 6.45) is 8.72. The highest BCUT2D eigenvalue weighted by Crippen LogP contribution is 2.15. The molecule has 1 N–H and O–H groups in total. The molecule has 0 amide bonds. The van der Waals surface area contributed by atoms with Crippen molar-refractivity contribution in [3.05, 3.63) is 54.5 Å². The Labute approximate surface area is 126 Å². The molecule has 2 heterocycles. The molecule has 21 heavy (non-hydrogen) atoms. The van der Waals surface area contributed by atoms with Crippen LogP contribution in [0.5, 0.6) is 0 Å². The molecule has 0 unspecified atom stereocenters. The van der Waals surface area contributed by atoms with Gasteiger partial charge in [-0.2, -0.15) is 0 Å². The van der Waals surface area contributed by atoms with Crippen molar-refractivity contribution in [2.45, 2.75) is 25.3 Å². The summed E-state index contributed by atoms with van der Waals surface area (Å²) in [6.45, 7) is 3.47. The third-order valence-electron chi connectivity index (χ3n) is 4.06. The number of benzene rings is 1. The number of nitrogens with one attached hydrogen (secondary N) is 1. The molecule has 0 saturated carbocycles. The second-order valence-electron chi connectivity index (χ2n) is 5.59. The van der Waals surface area contributed by atoms with Crippen molar-refractivity contribution >= 4 is 5.82 Å². The largest absolute Gasteiger partial charge is 0.366 e. The molecule has 1 aliphatic heterocycles. The van der Waals surface area contributed by atoms with Crippen LogP contribution < -0.4 is 5.32 Å². The van der Waals surface area contributed by atoms with Crippen LogP contribution in [0.25, 0.3) is 0 Å². The van der Waals surface area contributed by atoms with Gasteiger partial charge in [-0.1, -0.05) is 30.3 Å². The van der Waals surface area contributed by atoms with Crippen LogP contribution in [0.15, 0.2) is 48.9 Å². The van der Waals surface area contributed by atoms with Crippen LogP contribution in [0.3, 0.4) is 0 Å². The zero-order valence-corrected chi connectivity index (χ0v) is 12.3. The second-order valence-corrected chi connectivity index (χ2v) is 5.59. The highest BCUT2D eigenvalue weighted by molar-refractivity contribution is 5.31. The molecule has 0 atom stereocenters. The molecule has 1 saturated heterocycles. The summed E-state index contributed by atoms with van der Waals surface area (Å²) in [6, 6.07) is 11.3. The van der Waals surface area contributed by atoms with Crippen molar-refractivity contribution in [2.75, 3.05) is 25.0 Å². The van der Waals surface area contributed by atoms with Crippen molar-refractivity contribution in [1.82, 2.24) is 14.9 Å². The van der Waals surface area contributed by atoms with Gasteiger partial charge in [0.05, 0.1) is 6.20 Å². The summed E-state index contributed by atoms with van der Waals surface area (Å²) >= 11 is 0. The van der Waals surface area contributed by atoms with Gasteiger partial charge in [0.1, 0.15) is 5.82 Å². The molecule has 4 heteroatoms. The average Bonchev–Trinajstić information content (AvgIpc) is 2.56. The molecule has 0 spiro atoms. The average molecular weight is 282 g/mol. The van der Waals surface area contributed by atoms with Gasteiger partial charge >= 0.3 is 0 Å². The fourth-order valence-electron chi connectivity index (χ4n) is 2.82. The molecule has 0 aliphatic carbocycles. The molecule has 110 valence electrons. The fraction of sp³-hybridized carbons (Fsp3) is 0.412. The molecule has 3 rings (SSSR count). The predicted octanol–water partition coefficient (Wildman–Crippen LogP) is 2.60. The lowest BCUT2D eigenvalue weighted by Gasteiger charge is -2.32. The predicted molar refractivity (Wildman–Crippen MR) is 85.3 cm³/mol. The molecular formula is C17H22N4. The summed E-state index contributed by atoms with van der Waals surface area (Å²) in [5.41, 5.74) is 1.43. The molecule has 1 aromatic carbocycles. The van der Waals surface area contributed by atoms with Gasteiger partial charge in [0.2, 0.25) is 0 Å². The van der Waals surface area contributed by atoms with E-state index < -0.39 is 0 Å². The number of anilines is 1. The van der Waals surface area contributed by atoms with Gasteiger partial charge in [0.15, 0.2) is 0 Å². The van der Waals surface area contributed by atoms with Gasteiger partial charge < -0.3 is 10.2 Å². The summed E-state index contributed by atoms with van der Waals surface area (Å²) < 4.78 is 0. The minimum Gasteiger partial charge on any atom is -0.366 e. The maximum absolute atomic E-state index is 4.28. The fourth-order valence-corrected chi connectivity index (χ4v) is 2.82. The molecule has 0 radical (unpaired) electrons. The normalized spacial score (nSPS) is 16.8. The maximum Gasteiger partial charge on any atom is 0.144 e. The number of hydrogen-bond acceptors (Lipinski definition) is 4. The Bertz CT molecular complexity index is 521. The molecule has 0 bridgehead atoms. The molecular weight excluding hydrogens is 260 g/mol. The van der Waals surface area contributed by atoms with Gasteiger partial charge in [-0.05, 0) is 24.8 Å². The third-order valence-corrected chi connectivity index (χ3v) is 4.06. The first kappa shape index (κ1) is 14.0. The van der Waals surface area contributed by atoms with E-state index in [1.165, 1.54) is 18.4 Å². The van der Waals surface area contributed by atoms with Crippen molar-refractivity contribution < 1.29 is 0 Å². The smallest absolute Gasteiger partial charge is 0.144 e. The number of aromatic nitrogens is 2. The quantitative estimate of drug-likeness (QED) is 0.915. The van der Waals surface area contributed by atoms with E-state index in [2.05, 4.69) is 50.5 Å². The first-order valence-corrected chi connectivity index (χ1v) is 7.69. The van der Waals surface area contributed by atoms with Crippen LogP contribution in [0.1, 0.15) is 18.4 Å². The van der Waals surface area contributed by atoms with E-state index in [1.807, 2.05) is 0 Å². The summed E-state index contributed by atoms with van der Waals surface area (Å²) in [4.78, 5) is 10.9. The minimum absolute atomic E-state index is 0.523. The summed E-state index contributed by atoms with van der Waals surface area (Å²) in [7, 11) is 0. The van der Waals surface area contributed by atoms with E-state index in [1.54, 1.807) is 18.6 Å². The van der Waals surface area contributed by atoms with Gasteiger partial charge in [-0.25, -0.2) is 4.98 Å². The topological polar surface area (TPSA) is 41.0 Å². The van der Waals surface area contributed by atoms with E-state index in [4.69, 9.17) is 0 Å². The van der Waals surface area contributed by atoms with E-state index in [-0.39, 0.29) is 0 Å². The Hall–Kier alpha value is -1.94. The van der Waals surface area contributed by atoms with Crippen LogP contribution in [-0.2, 0) is 6.42 Å². The molecule has 1 aliphatic rings. The Balaban J connectivity index is 1.41. The first-order chi connectivity index (χ1) is 10.4. The van der Waals surface area contributed by atoms with Crippen LogP contribution >= 0.6 is 0 Å². The van der Waals surface area contributed by atoms with E-state index in [9.17, 15) is 0 Å². The highest BCUT2D eigenvalue weighted by atomic mass is 15.1. The van der Waals surface area contributed by atoms with E-state index in [0.717, 1.165) is 31.9 Å². The van der Waals surface area contributed by atoms with Crippen LogP contribution in [0.2, 0.25) is 0 Å². The number of hydrogen-bond donors (Lipinski definition) is 1. The van der Waals surface area contributed by atoms with Gasteiger partial charge in [0.25, 0.3) is 0 Å². The Morgan fingerprint density at radius 2 is 1.90 bits per heavy atom. The first-order valence-electron chi connectivity index (χ1n) is 7.69. The second kappa shape index (κ2) is 7.18. The Morgan fingerprint density at radius 1 is 1.10 bits per heavy atom. The highest BCUT2D eigenvalue weighted by Gasteiger charge is 2.18. The van der Waals surface area contributed by atoms with E-state index >= 15 is 0 Å². The lowest BCUT2D eigenvalue weighted by Crippen LogP contribution is -2.40. The standard InChI is InChI=1S/C17H22N4/c1-2-4-15(5-3-1)6-11-21-12-7-16(8-13-21)20-17-14-18-9-10-19-17/h1-5,9-10,14,16H,6-8,11-13H2,(H,19,20). The number of nitrogens with zero attached hydrogens (tertiary/aromatic N) is 3. The SMILES string of the molecule is c1ccc(CCN2CCC(Nc3cnccn3)CC2)cc1. The minimum atomic E-state index is 0.523. The molecule has 2 aromatic rings. The lowest BCUT2D eigenvalue weighted by molar-refractivity contribution is 0.221. The Morgan fingerprint density at radius 3 is 2.62 bits per heavy atom. The van der Waals surface area contributed by atoms with Gasteiger partial charge in [-0.3, -0.25) is 4.98 Å². The van der Waals surface area contributed by atoms with Crippen LogP contribution in [0.4, 0.5) is 5.82 Å². The van der Waals surface area contributed by atoms with Crippen LogP contribution in [0, 0.1) is 0 Å². The Kier molecular flexibility index (Phi) is 4.79. The van der Waals surface area contributed by atoms with Crippen molar-refractivity contribution in [3.8, 4) is 0 Å².